The SMILES string of the molecule is CCCNC(c1ccc(Br)cn1)c1nc(C)cs1. The van der Waals surface area contributed by atoms with Gasteiger partial charge in [-0.15, -0.1) is 11.3 Å². The van der Waals surface area contributed by atoms with Crippen LogP contribution in [0.3, 0.4) is 0 Å². The summed E-state index contributed by atoms with van der Waals surface area (Å²) in [6.07, 6.45) is 2.92. The standard InChI is InChI=1S/C13H16BrN3S/c1-3-6-15-12(13-17-9(2)8-18-13)11-5-4-10(14)7-16-11/h4-5,7-8,12,15H,3,6H2,1-2H3. The lowest BCUT2D eigenvalue weighted by Crippen LogP contribution is -2.24. The molecule has 1 unspecified atom stereocenters. The molecule has 1 atom stereocenters. The van der Waals surface area contributed by atoms with E-state index in [9.17, 15) is 0 Å². The predicted molar refractivity (Wildman–Crippen MR) is 78.9 cm³/mol. The normalized spacial score (nSPS) is 12.6. The summed E-state index contributed by atoms with van der Waals surface area (Å²) in [4.78, 5) is 9.04. The van der Waals surface area contributed by atoms with Crippen LogP contribution in [0.4, 0.5) is 0 Å². The monoisotopic (exact) mass is 325 g/mol. The second-order valence-corrected chi connectivity index (χ2v) is 5.92. The second kappa shape index (κ2) is 6.41. The Bertz CT molecular complexity index is 495. The minimum Gasteiger partial charge on any atom is -0.303 e. The number of halogens is 1. The molecule has 5 heteroatoms. The summed E-state index contributed by atoms with van der Waals surface area (Å²) < 4.78 is 0.996. The largest absolute Gasteiger partial charge is 0.303 e. The molecule has 0 aromatic carbocycles. The third-order valence-electron chi connectivity index (χ3n) is 2.53. The maximum absolute atomic E-state index is 4.57. The van der Waals surface area contributed by atoms with Gasteiger partial charge in [-0.1, -0.05) is 6.92 Å². The van der Waals surface area contributed by atoms with Crippen LogP contribution in [-0.2, 0) is 0 Å². The van der Waals surface area contributed by atoms with Gasteiger partial charge in [0.1, 0.15) is 11.0 Å². The maximum atomic E-state index is 4.57. The minimum atomic E-state index is 0.0942. The average molecular weight is 326 g/mol. The zero-order valence-electron chi connectivity index (χ0n) is 10.5. The van der Waals surface area contributed by atoms with Gasteiger partial charge in [0.15, 0.2) is 0 Å². The van der Waals surface area contributed by atoms with Crippen LogP contribution in [0.25, 0.3) is 0 Å². The molecule has 2 heterocycles. The third kappa shape index (κ3) is 3.37. The van der Waals surface area contributed by atoms with Gasteiger partial charge in [-0.2, -0.15) is 0 Å². The molecule has 0 spiro atoms. The van der Waals surface area contributed by atoms with Crippen LogP contribution in [0.15, 0.2) is 28.2 Å². The first-order chi connectivity index (χ1) is 8.70. The first kappa shape index (κ1) is 13.6. The summed E-state index contributed by atoms with van der Waals surface area (Å²) in [5, 5.41) is 6.66. The molecule has 0 aliphatic rings. The van der Waals surface area contributed by atoms with Crippen molar-refractivity contribution >= 4 is 27.3 Å². The molecule has 0 saturated heterocycles. The predicted octanol–water partition coefficient (Wildman–Crippen LogP) is 3.70. The Hall–Kier alpha value is -0.780. The van der Waals surface area contributed by atoms with E-state index in [1.54, 1.807) is 11.3 Å². The van der Waals surface area contributed by atoms with Gasteiger partial charge in [-0.05, 0) is 48.0 Å². The Morgan fingerprint density at radius 3 is 2.83 bits per heavy atom. The van der Waals surface area contributed by atoms with E-state index in [4.69, 9.17) is 0 Å². The van der Waals surface area contributed by atoms with E-state index in [-0.39, 0.29) is 6.04 Å². The molecule has 0 aliphatic carbocycles. The fourth-order valence-electron chi connectivity index (χ4n) is 1.67. The van der Waals surface area contributed by atoms with Crippen molar-refractivity contribution in [2.75, 3.05) is 6.54 Å². The minimum absolute atomic E-state index is 0.0942. The van der Waals surface area contributed by atoms with Gasteiger partial charge in [0.2, 0.25) is 0 Å². The molecule has 2 rings (SSSR count). The number of hydrogen-bond acceptors (Lipinski definition) is 4. The topological polar surface area (TPSA) is 37.8 Å². The summed E-state index contributed by atoms with van der Waals surface area (Å²) in [6.45, 7) is 5.14. The third-order valence-corrected chi connectivity index (χ3v) is 4.02. The van der Waals surface area contributed by atoms with E-state index in [0.29, 0.717) is 0 Å². The highest BCUT2D eigenvalue weighted by molar-refractivity contribution is 9.10. The number of pyridine rings is 1. The molecule has 3 nitrogen and oxygen atoms in total. The van der Waals surface area contributed by atoms with Gasteiger partial charge in [-0.3, -0.25) is 4.98 Å². The first-order valence-electron chi connectivity index (χ1n) is 5.97. The van der Waals surface area contributed by atoms with Crippen LogP contribution in [0.2, 0.25) is 0 Å². The lowest BCUT2D eigenvalue weighted by atomic mass is 10.2. The summed E-state index contributed by atoms with van der Waals surface area (Å²) in [5.41, 5.74) is 2.08. The quantitative estimate of drug-likeness (QED) is 0.910. The Morgan fingerprint density at radius 1 is 1.44 bits per heavy atom. The van der Waals surface area contributed by atoms with Crippen LogP contribution < -0.4 is 5.32 Å². The summed E-state index contributed by atoms with van der Waals surface area (Å²) in [7, 11) is 0. The van der Waals surface area contributed by atoms with Crippen LogP contribution >= 0.6 is 27.3 Å². The van der Waals surface area contributed by atoms with Crippen molar-refractivity contribution in [3.63, 3.8) is 0 Å². The lowest BCUT2D eigenvalue weighted by Gasteiger charge is -2.15. The van der Waals surface area contributed by atoms with Crippen LogP contribution in [0, 0.1) is 6.92 Å². The molecule has 0 aliphatic heterocycles. The van der Waals surface area contributed by atoms with Crippen molar-refractivity contribution in [2.45, 2.75) is 26.3 Å². The highest BCUT2D eigenvalue weighted by atomic mass is 79.9. The van der Waals surface area contributed by atoms with E-state index in [1.807, 2.05) is 25.3 Å². The van der Waals surface area contributed by atoms with E-state index < -0.39 is 0 Å². The lowest BCUT2D eigenvalue weighted by molar-refractivity contribution is 0.583. The highest BCUT2D eigenvalue weighted by Gasteiger charge is 2.17. The molecule has 2 aromatic rings. The molecule has 0 fully saturated rings. The molecular formula is C13H16BrN3S. The Kier molecular flexibility index (Phi) is 4.86. The Morgan fingerprint density at radius 2 is 2.28 bits per heavy atom. The Balaban J connectivity index is 2.27. The zero-order chi connectivity index (χ0) is 13.0. The van der Waals surface area contributed by atoms with E-state index in [0.717, 1.165) is 33.8 Å². The van der Waals surface area contributed by atoms with E-state index >= 15 is 0 Å². The zero-order valence-corrected chi connectivity index (χ0v) is 12.9. The fourth-order valence-corrected chi connectivity index (χ4v) is 2.79. The van der Waals surface area contributed by atoms with Gasteiger partial charge < -0.3 is 5.32 Å². The number of thiazole rings is 1. The summed E-state index contributed by atoms with van der Waals surface area (Å²) in [6, 6.07) is 4.15. The number of hydrogen-bond donors (Lipinski definition) is 1. The summed E-state index contributed by atoms with van der Waals surface area (Å²) in [5.74, 6) is 0. The van der Waals surface area contributed by atoms with Gasteiger partial charge in [0.05, 0.1) is 5.69 Å². The van der Waals surface area contributed by atoms with Crippen molar-refractivity contribution in [3.05, 3.63) is 44.6 Å². The number of aryl methyl sites for hydroxylation is 1. The second-order valence-electron chi connectivity index (χ2n) is 4.12. The molecule has 96 valence electrons. The molecule has 0 radical (unpaired) electrons. The van der Waals surface area contributed by atoms with Crippen molar-refractivity contribution in [2.24, 2.45) is 0 Å². The molecular weight excluding hydrogens is 310 g/mol. The van der Waals surface area contributed by atoms with Crippen molar-refractivity contribution in [3.8, 4) is 0 Å². The van der Waals surface area contributed by atoms with Crippen molar-refractivity contribution in [1.29, 1.82) is 0 Å². The molecule has 2 aromatic heterocycles. The van der Waals surface area contributed by atoms with Gasteiger partial charge in [0.25, 0.3) is 0 Å². The highest BCUT2D eigenvalue weighted by Crippen LogP contribution is 2.24. The summed E-state index contributed by atoms with van der Waals surface area (Å²) >= 11 is 5.09. The number of aromatic nitrogens is 2. The van der Waals surface area contributed by atoms with Crippen LogP contribution in [0.5, 0.6) is 0 Å². The molecule has 18 heavy (non-hydrogen) atoms. The molecule has 0 saturated carbocycles. The van der Waals surface area contributed by atoms with Crippen molar-refractivity contribution < 1.29 is 0 Å². The van der Waals surface area contributed by atoms with Gasteiger partial charge in [0, 0.05) is 21.7 Å². The Labute approximate surface area is 120 Å². The van der Waals surface area contributed by atoms with E-state index in [1.165, 1.54) is 0 Å². The van der Waals surface area contributed by atoms with Gasteiger partial charge >= 0.3 is 0 Å². The van der Waals surface area contributed by atoms with Crippen LogP contribution in [0.1, 0.15) is 35.8 Å². The molecule has 1 N–H and O–H groups in total. The fraction of sp³-hybridized carbons (Fsp3) is 0.385. The number of nitrogens with one attached hydrogen (secondary N) is 1. The van der Waals surface area contributed by atoms with E-state index in [2.05, 4.69) is 43.5 Å². The maximum Gasteiger partial charge on any atom is 0.116 e. The molecule has 0 amide bonds. The van der Waals surface area contributed by atoms with Crippen molar-refractivity contribution in [1.82, 2.24) is 15.3 Å². The van der Waals surface area contributed by atoms with Crippen LogP contribution in [-0.4, -0.2) is 16.5 Å². The number of rotatable bonds is 5. The van der Waals surface area contributed by atoms with Gasteiger partial charge in [-0.25, -0.2) is 4.98 Å². The number of nitrogens with zero attached hydrogens (tertiary/aromatic N) is 2. The average Bonchev–Trinajstić information content (AvgIpc) is 2.78. The molecule has 0 bridgehead atoms. The smallest absolute Gasteiger partial charge is 0.116 e. The first-order valence-corrected chi connectivity index (χ1v) is 7.65.